The van der Waals surface area contributed by atoms with E-state index >= 15 is 0 Å². The molecule has 0 saturated carbocycles. The molecule has 0 aliphatic heterocycles. The van der Waals surface area contributed by atoms with Crippen LogP contribution in [0.1, 0.15) is 17.2 Å². The molecule has 1 unspecified atom stereocenters. The quantitative estimate of drug-likeness (QED) is 0.888. The maximum absolute atomic E-state index is 13.8. The number of nitrogens with one attached hydrogen (secondary N) is 1. The lowest BCUT2D eigenvalue weighted by Gasteiger charge is -2.16. The lowest BCUT2D eigenvalue weighted by molar-refractivity contribution is 0.548. The summed E-state index contributed by atoms with van der Waals surface area (Å²) in [4.78, 5) is 0. The minimum absolute atomic E-state index is 0.126. The Morgan fingerprint density at radius 3 is 2.81 bits per heavy atom. The molecule has 1 aromatic heterocycles. The van der Waals surface area contributed by atoms with E-state index in [0.717, 1.165) is 5.56 Å². The maximum Gasteiger partial charge on any atom is 0.146 e. The van der Waals surface area contributed by atoms with Crippen molar-refractivity contribution < 1.29 is 8.81 Å². The van der Waals surface area contributed by atoms with E-state index in [1.807, 2.05) is 0 Å². The minimum Gasteiger partial charge on any atom is -0.472 e. The van der Waals surface area contributed by atoms with Gasteiger partial charge in [-0.05, 0) is 19.2 Å². The number of benzene rings is 1. The third-order valence-corrected chi connectivity index (χ3v) is 2.75. The molecule has 1 aromatic carbocycles. The fraction of sp³-hybridized carbons (Fsp3) is 0.167. The predicted molar refractivity (Wildman–Crippen MR) is 61.0 cm³/mol. The van der Waals surface area contributed by atoms with Gasteiger partial charge in [0.05, 0.1) is 23.6 Å². The third kappa shape index (κ3) is 1.96. The standard InChI is InChI=1S/C12H11ClFNO/c1-15-12(8-5-6-16-7-8)9-3-2-4-10(13)11(9)14/h2-7,12,15H,1H3. The molecule has 4 heteroatoms. The molecule has 1 atom stereocenters. The molecule has 0 spiro atoms. The largest absolute Gasteiger partial charge is 0.472 e. The summed E-state index contributed by atoms with van der Waals surface area (Å²) in [5.41, 5.74) is 1.38. The average molecular weight is 240 g/mol. The first-order chi connectivity index (χ1) is 7.74. The number of hydrogen-bond donors (Lipinski definition) is 1. The van der Waals surface area contributed by atoms with E-state index in [4.69, 9.17) is 16.0 Å². The lowest BCUT2D eigenvalue weighted by atomic mass is 10.0. The van der Waals surface area contributed by atoms with Gasteiger partial charge in [-0.3, -0.25) is 0 Å². The van der Waals surface area contributed by atoms with Gasteiger partial charge < -0.3 is 9.73 Å². The fourth-order valence-electron chi connectivity index (χ4n) is 1.68. The van der Waals surface area contributed by atoms with Crippen molar-refractivity contribution in [1.29, 1.82) is 0 Å². The second-order valence-corrected chi connectivity index (χ2v) is 3.83. The molecule has 1 N–H and O–H groups in total. The van der Waals surface area contributed by atoms with Crippen LogP contribution in [0.15, 0.2) is 41.2 Å². The summed E-state index contributed by atoms with van der Waals surface area (Å²) < 4.78 is 18.8. The van der Waals surface area contributed by atoms with Crippen molar-refractivity contribution in [1.82, 2.24) is 5.32 Å². The first-order valence-corrected chi connectivity index (χ1v) is 5.25. The van der Waals surface area contributed by atoms with Crippen LogP contribution < -0.4 is 5.32 Å². The molecule has 16 heavy (non-hydrogen) atoms. The zero-order valence-electron chi connectivity index (χ0n) is 8.71. The average Bonchev–Trinajstić information content (AvgIpc) is 2.79. The lowest BCUT2D eigenvalue weighted by Crippen LogP contribution is -2.18. The van der Waals surface area contributed by atoms with Gasteiger partial charge in [0.2, 0.25) is 0 Å². The van der Waals surface area contributed by atoms with Gasteiger partial charge in [-0.15, -0.1) is 0 Å². The highest BCUT2D eigenvalue weighted by Gasteiger charge is 2.18. The van der Waals surface area contributed by atoms with E-state index in [2.05, 4.69) is 5.32 Å². The SMILES string of the molecule is CNC(c1ccoc1)c1cccc(Cl)c1F. The Morgan fingerprint density at radius 2 is 2.19 bits per heavy atom. The Balaban J connectivity index is 2.45. The highest BCUT2D eigenvalue weighted by atomic mass is 35.5. The van der Waals surface area contributed by atoms with Gasteiger partial charge >= 0.3 is 0 Å². The van der Waals surface area contributed by atoms with Crippen molar-refractivity contribution in [3.05, 3.63) is 58.8 Å². The van der Waals surface area contributed by atoms with Crippen LogP contribution in [-0.2, 0) is 0 Å². The molecule has 0 amide bonds. The van der Waals surface area contributed by atoms with Crippen molar-refractivity contribution in [2.75, 3.05) is 7.05 Å². The summed E-state index contributed by atoms with van der Waals surface area (Å²) >= 11 is 5.75. The molecule has 2 nitrogen and oxygen atoms in total. The van der Waals surface area contributed by atoms with Crippen molar-refractivity contribution in [2.24, 2.45) is 0 Å². The van der Waals surface area contributed by atoms with E-state index in [1.165, 1.54) is 6.07 Å². The van der Waals surface area contributed by atoms with Gasteiger partial charge in [0.25, 0.3) is 0 Å². The Hall–Kier alpha value is -1.32. The zero-order valence-corrected chi connectivity index (χ0v) is 9.46. The van der Waals surface area contributed by atoms with Gasteiger partial charge in [0.1, 0.15) is 5.82 Å². The van der Waals surface area contributed by atoms with Crippen molar-refractivity contribution >= 4 is 11.6 Å². The molecule has 0 bridgehead atoms. The van der Waals surface area contributed by atoms with Gasteiger partial charge in [0, 0.05) is 11.1 Å². The van der Waals surface area contributed by atoms with Crippen molar-refractivity contribution in [3.63, 3.8) is 0 Å². The van der Waals surface area contributed by atoms with Crippen molar-refractivity contribution in [2.45, 2.75) is 6.04 Å². The highest BCUT2D eigenvalue weighted by Crippen LogP contribution is 2.27. The molecule has 0 aliphatic rings. The summed E-state index contributed by atoms with van der Waals surface area (Å²) in [7, 11) is 1.76. The highest BCUT2D eigenvalue weighted by molar-refractivity contribution is 6.30. The first kappa shape index (κ1) is 11.2. The second-order valence-electron chi connectivity index (χ2n) is 3.42. The molecule has 2 aromatic rings. The van der Waals surface area contributed by atoms with Crippen LogP contribution in [0.3, 0.4) is 0 Å². The van der Waals surface area contributed by atoms with Gasteiger partial charge in [-0.1, -0.05) is 23.7 Å². The Labute approximate surface area is 98.0 Å². The molecule has 2 rings (SSSR count). The predicted octanol–water partition coefficient (Wildman–Crippen LogP) is 3.38. The topological polar surface area (TPSA) is 25.2 Å². The van der Waals surface area contributed by atoms with Crippen molar-refractivity contribution in [3.8, 4) is 0 Å². The maximum atomic E-state index is 13.8. The van der Waals surface area contributed by atoms with Crippen LogP contribution in [-0.4, -0.2) is 7.05 Å². The summed E-state index contributed by atoms with van der Waals surface area (Å²) in [6, 6.07) is 6.50. The summed E-state index contributed by atoms with van der Waals surface area (Å²) in [5, 5.41) is 3.16. The Morgan fingerprint density at radius 1 is 1.38 bits per heavy atom. The normalized spacial score (nSPS) is 12.7. The van der Waals surface area contributed by atoms with Gasteiger partial charge in [-0.2, -0.15) is 0 Å². The molecule has 0 aliphatic carbocycles. The zero-order chi connectivity index (χ0) is 11.5. The number of furan rings is 1. The van der Waals surface area contributed by atoms with E-state index in [1.54, 1.807) is 37.8 Å². The Bertz CT molecular complexity index is 470. The molecular formula is C12H11ClFNO. The summed E-state index contributed by atoms with van der Waals surface area (Å²) in [6.07, 6.45) is 3.14. The Kier molecular flexibility index (Phi) is 3.27. The van der Waals surface area contributed by atoms with E-state index in [-0.39, 0.29) is 11.1 Å². The fourth-order valence-corrected chi connectivity index (χ4v) is 1.87. The molecule has 0 radical (unpaired) electrons. The summed E-state index contributed by atoms with van der Waals surface area (Å²) in [5.74, 6) is -0.398. The molecule has 1 heterocycles. The molecule has 0 saturated heterocycles. The smallest absolute Gasteiger partial charge is 0.146 e. The molecule has 84 valence electrons. The third-order valence-electron chi connectivity index (χ3n) is 2.46. The van der Waals surface area contributed by atoms with E-state index in [9.17, 15) is 4.39 Å². The van der Waals surface area contributed by atoms with Gasteiger partial charge in [-0.25, -0.2) is 4.39 Å². The van der Waals surface area contributed by atoms with Crippen LogP contribution in [0, 0.1) is 5.82 Å². The van der Waals surface area contributed by atoms with Crippen LogP contribution in [0.2, 0.25) is 5.02 Å². The number of rotatable bonds is 3. The van der Waals surface area contributed by atoms with E-state index < -0.39 is 5.82 Å². The number of hydrogen-bond acceptors (Lipinski definition) is 2. The van der Waals surface area contributed by atoms with Gasteiger partial charge in [0.15, 0.2) is 0 Å². The first-order valence-electron chi connectivity index (χ1n) is 4.87. The number of halogens is 2. The summed E-state index contributed by atoms with van der Waals surface area (Å²) in [6.45, 7) is 0. The monoisotopic (exact) mass is 239 g/mol. The molecular weight excluding hydrogens is 229 g/mol. The molecule has 0 fully saturated rings. The van der Waals surface area contributed by atoms with Crippen LogP contribution in [0.5, 0.6) is 0 Å². The van der Waals surface area contributed by atoms with E-state index in [0.29, 0.717) is 5.56 Å². The minimum atomic E-state index is -0.398. The second kappa shape index (κ2) is 4.68. The van der Waals surface area contributed by atoms with Crippen LogP contribution >= 0.6 is 11.6 Å². The van der Waals surface area contributed by atoms with Crippen LogP contribution in [0.4, 0.5) is 4.39 Å². The van der Waals surface area contributed by atoms with Crippen LogP contribution in [0.25, 0.3) is 0 Å².